The molecule has 2 aliphatic rings. The summed E-state index contributed by atoms with van der Waals surface area (Å²) in [6.07, 6.45) is 4.86. The Bertz CT molecular complexity index is 974. The number of aromatic nitrogens is 5. The molecule has 9 heteroatoms. The van der Waals surface area contributed by atoms with E-state index in [9.17, 15) is 0 Å². The van der Waals surface area contributed by atoms with Gasteiger partial charge in [-0.15, -0.1) is 20.4 Å². The van der Waals surface area contributed by atoms with Crippen molar-refractivity contribution in [2.45, 2.75) is 56.2 Å². The molecule has 2 saturated heterocycles. The molecule has 0 radical (unpaired) electrons. The van der Waals surface area contributed by atoms with Crippen LogP contribution in [-0.4, -0.2) is 50.8 Å². The molecular weight excluding hydrogens is 400 g/mol. The highest BCUT2D eigenvalue weighted by Gasteiger charge is 2.25. The zero-order chi connectivity index (χ0) is 20.3. The summed E-state index contributed by atoms with van der Waals surface area (Å²) in [5.74, 6) is 2.65. The third-order valence-electron chi connectivity index (χ3n) is 5.59. The summed E-state index contributed by atoms with van der Waals surface area (Å²) in [6.45, 7) is 5.77. The molecule has 30 heavy (non-hydrogen) atoms. The van der Waals surface area contributed by atoms with Crippen molar-refractivity contribution < 1.29 is 9.15 Å². The van der Waals surface area contributed by atoms with Crippen LogP contribution < -0.4 is 4.90 Å². The fourth-order valence-corrected chi connectivity index (χ4v) is 4.72. The van der Waals surface area contributed by atoms with E-state index in [2.05, 4.69) is 36.8 Å². The van der Waals surface area contributed by atoms with Crippen molar-refractivity contribution in [1.29, 1.82) is 0 Å². The van der Waals surface area contributed by atoms with E-state index in [1.165, 1.54) is 18.4 Å². The lowest BCUT2D eigenvalue weighted by molar-refractivity contribution is 0.0952. The van der Waals surface area contributed by atoms with E-state index in [-0.39, 0.29) is 6.10 Å². The van der Waals surface area contributed by atoms with Gasteiger partial charge in [0, 0.05) is 25.3 Å². The molecular formula is C21H26N6O2S. The molecule has 2 aliphatic heterocycles. The number of anilines is 1. The van der Waals surface area contributed by atoms with Crippen LogP contribution in [0.25, 0.3) is 11.5 Å². The second kappa shape index (κ2) is 8.77. The molecule has 2 aromatic heterocycles. The predicted molar refractivity (Wildman–Crippen MR) is 114 cm³/mol. The molecule has 0 unspecified atom stereocenters. The van der Waals surface area contributed by atoms with Crippen LogP contribution in [0.3, 0.4) is 0 Å². The normalized spacial score (nSPS) is 19.1. The van der Waals surface area contributed by atoms with Gasteiger partial charge in [-0.05, 0) is 44.7 Å². The van der Waals surface area contributed by atoms with Crippen molar-refractivity contribution in [3.63, 3.8) is 0 Å². The number of nitrogens with zero attached hydrogens (tertiary/aromatic N) is 6. The van der Waals surface area contributed by atoms with E-state index in [1.807, 2.05) is 24.3 Å². The molecule has 1 aromatic carbocycles. The van der Waals surface area contributed by atoms with Gasteiger partial charge in [0.15, 0.2) is 5.16 Å². The van der Waals surface area contributed by atoms with Gasteiger partial charge in [-0.2, -0.15) is 0 Å². The second-order valence-electron chi connectivity index (χ2n) is 7.88. The Labute approximate surface area is 180 Å². The Balaban J connectivity index is 1.31. The van der Waals surface area contributed by atoms with Crippen molar-refractivity contribution in [2.75, 3.05) is 24.6 Å². The molecule has 0 saturated carbocycles. The third-order valence-corrected chi connectivity index (χ3v) is 6.54. The lowest BCUT2D eigenvalue weighted by atomic mass is 10.1. The molecule has 0 N–H and O–H groups in total. The minimum absolute atomic E-state index is 0.234. The molecule has 5 rings (SSSR count). The number of thioether (sulfide) groups is 1. The van der Waals surface area contributed by atoms with E-state index in [0.29, 0.717) is 17.5 Å². The molecule has 3 aromatic rings. The van der Waals surface area contributed by atoms with Gasteiger partial charge in [-0.1, -0.05) is 29.5 Å². The first-order valence-electron chi connectivity index (χ1n) is 10.6. The molecule has 158 valence electrons. The summed E-state index contributed by atoms with van der Waals surface area (Å²) in [7, 11) is 0. The Morgan fingerprint density at radius 1 is 1.03 bits per heavy atom. The second-order valence-corrected chi connectivity index (χ2v) is 8.82. The highest BCUT2D eigenvalue weighted by atomic mass is 32.2. The van der Waals surface area contributed by atoms with Gasteiger partial charge in [-0.3, -0.25) is 4.57 Å². The van der Waals surface area contributed by atoms with Crippen LogP contribution in [0.1, 0.15) is 37.1 Å². The lowest BCUT2D eigenvalue weighted by Crippen LogP contribution is -2.25. The Hall–Kier alpha value is -2.39. The highest BCUT2D eigenvalue weighted by Crippen LogP contribution is 2.29. The monoisotopic (exact) mass is 426 g/mol. The third kappa shape index (κ3) is 4.22. The molecule has 1 atom stereocenters. The van der Waals surface area contributed by atoms with Crippen LogP contribution in [0.4, 0.5) is 5.95 Å². The summed E-state index contributed by atoms with van der Waals surface area (Å²) in [6, 6.07) is 8.09. The molecule has 2 fully saturated rings. The fourth-order valence-electron chi connectivity index (χ4n) is 3.94. The summed E-state index contributed by atoms with van der Waals surface area (Å²) < 4.78 is 14.0. The Kier molecular flexibility index (Phi) is 5.72. The smallest absolute Gasteiger partial charge is 0.247 e. The van der Waals surface area contributed by atoms with Crippen LogP contribution >= 0.6 is 11.8 Å². The summed E-state index contributed by atoms with van der Waals surface area (Å²) in [4.78, 5) is 2.33. The summed E-state index contributed by atoms with van der Waals surface area (Å²) in [5, 5.41) is 18.3. The lowest BCUT2D eigenvalue weighted by Gasteiger charge is -2.20. The van der Waals surface area contributed by atoms with Crippen molar-refractivity contribution in [3.8, 4) is 11.5 Å². The number of hydrogen-bond acceptors (Lipinski definition) is 8. The first kappa shape index (κ1) is 19.6. The van der Waals surface area contributed by atoms with E-state index in [1.54, 1.807) is 11.8 Å². The van der Waals surface area contributed by atoms with Gasteiger partial charge < -0.3 is 14.1 Å². The number of rotatable bonds is 7. The molecule has 0 aliphatic carbocycles. The zero-order valence-corrected chi connectivity index (χ0v) is 18.0. The first-order valence-corrected chi connectivity index (χ1v) is 11.6. The molecule has 0 spiro atoms. The van der Waals surface area contributed by atoms with Gasteiger partial charge >= 0.3 is 0 Å². The van der Waals surface area contributed by atoms with Gasteiger partial charge in [0.25, 0.3) is 0 Å². The average Bonchev–Trinajstić information content (AvgIpc) is 3.55. The van der Waals surface area contributed by atoms with Crippen LogP contribution in [0, 0.1) is 6.92 Å². The number of benzene rings is 1. The van der Waals surface area contributed by atoms with Crippen LogP contribution in [-0.2, 0) is 17.0 Å². The van der Waals surface area contributed by atoms with Crippen molar-refractivity contribution in [2.24, 2.45) is 0 Å². The topological polar surface area (TPSA) is 82.1 Å². The van der Waals surface area contributed by atoms with E-state index in [4.69, 9.17) is 9.15 Å². The van der Waals surface area contributed by atoms with Crippen molar-refractivity contribution in [3.05, 3.63) is 35.7 Å². The van der Waals surface area contributed by atoms with Gasteiger partial charge in [-0.25, -0.2) is 0 Å². The van der Waals surface area contributed by atoms with E-state index >= 15 is 0 Å². The highest BCUT2D eigenvalue weighted by molar-refractivity contribution is 7.98. The molecule has 8 nitrogen and oxygen atoms in total. The molecule has 0 bridgehead atoms. The van der Waals surface area contributed by atoms with Crippen LogP contribution in [0.15, 0.2) is 33.8 Å². The summed E-state index contributed by atoms with van der Waals surface area (Å²) >= 11 is 1.58. The fraction of sp³-hybridized carbons (Fsp3) is 0.524. The summed E-state index contributed by atoms with van der Waals surface area (Å²) in [5.41, 5.74) is 2.13. The number of hydrogen-bond donors (Lipinski definition) is 0. The maximum atomic E-state index is 5.88. The maximum absolute atomic E-state index is 5.88. The van der Waals surface area contributed by atoms with Gasteiger partial charge in [0.2, 0.25) is 17.7 Å². The number of aryl methyl sites for hydroxylation is 1. The van der Waals surface area contributed by atoms with E-state index in [0.717, 1.165) is 55.8 Å². The largest absolute Gasteiger partial charge is 0.420 e. The zero-order valence-electron chi connectivity index (χ0n) is 17.2. The van der Waals surface area contributed by atoms with Crippen molar-refractivity contribution >= 4 is 17.7 Å². The van der Waals surface area contributed by atoms with Crippen LogP contribution in [0.5, 0.6) is 0 Å². The Morgan fingerprint density at radius 2 is 1.87 bits per heavy atom. The van der Waals surface area contributed by atoms with Gasteiger partial charge in [0.05, 0.1) is 18.4 Å². The Morgan fingerprint density at radius 3 is 2.63 bits per heavy atom. The standard InChI is InChI=1S/C21H26N6O2S/c1-15-6-8-16(9-7-15)19-23-22-18(29-19)14-30-21-25-24-20(26-10-2-3-11-26)27(21)13-17-5-4-12-28-17/h6-9,17H,2-5,10-14H2,1H3/t17-/m0/s1. The predicted octanol–water partition coefficient (Wildman–Crippen LogP) is 3.71. The molecule has 4 heterocycles. The first-order chi connectivity index (χ1) is 14.8. The maximum Gasteiger partial charge on any atom is 0.247 e. The quantitative estimate of drug-likeness (QED) is 0.529. The average molecular weight is 427 g/mol. The number of ether oxygens (including phenoxy) is 1. The van der Waals surface area contributed by atoms with Gasteiger partial charge in [0.1, 0.15) is 0 Å². The van der Waals surface area contributed by atoms with Crippen molar-refractivity contribution in [1.82, 2.24) is 25.0 Å². The molecule has 0 amide bonds. The minimum atomic E-state index is 0.234. The van der Waals surface area contributed by atoms with E-state index < -0.39 is 0 Å². The van der Waals surface area contributed by atoms with Crippen LogP contribution in [0.2, 0.25) is 0 Å². The SMILES string of the molecule is Cc1ccc(-c2nnc(CSc3nnc(N4CCCC4)n3C[C@@H]3CCCO3)o2)cc1. The minimum Gasteiger partial charge on any atom is -0.420 e.